The van der Waals surface area contributed by atoms with Crippen LogP contribution in [0.5, 0.6) is 11.5 Å². The lowest BCUT2D eigenvalue weighted by Gasteiger charge is -2.29. The molecule has 0 radical (unpaired) electrons. The van der Waals surface area contributed by atoms with E-state index in [1.165, 1.54) is 88.0 Å². The minimum absolute atomic E-state index is 0.845. The lowest BCUT2D eigenvalue weighted by molar-refractivity contribution is 0.626. The van der Waals surface area contributed by atoms with Crippen molar-refractivity contribution in [2.75, 3.05) is 0 Å². The molecule has 0 aromatic heterocycles. The third kappa shape index (κ3) is 10.1. The Kier molecular flexibility index (Phi) is 13.6. The van der Waals surface area contributed by atoms with Crippen LogP contribution in [0, 0.1) is 83.1 Å². The molecule has 10 aromatic rings. The van der Waals surface area contributed by atoms with Crippen LogP contribution >= 0.6 is 16.3 Å². The zero-order chi connectivity index (χ0) is 50.5. The second-order valence-electron chi connectivity index (χ2n) is 20.6. The van der Waals surface area contributed by atoms with Crippen molar-refractivity contribution in [2.45, 2.75) is 83.1 Å². The van der Waals surface area contributed by atoms with Gasteiger partial charge in [-0.15, -0.1) is 0 Å². The van der Waals surface area contributed by atoms with Crippen molar-refractivity contribution in [1.29, 1.82) is 0 Å². The minimum Gasteiger partial charge on any atom is -0.463 e. The molecule has 0 amide bonds. The quantitative estimate of drug-likeness (QED) is 0.120. The van der Waals surface area contributed by atoms with Crippen LogP contribution in [-0.4, -0.2) is 0 Å². The maximum atomic E-state index is 8.21. The maximum absolute atomic E-state index is 8.21. The van der Waals surface area contributed by atoms with E-state index in [0.717, 1.165) is 66.4 Å². The van der Waals surface area contributed by atoms with Gasteiger partial charge >= 0.3 is 0 Å². The first-order valence-corrected chi connectivity index (χ1v) is 27.6. The molecule has 0 aliphatic rings. The highest BCUT2D eigenvalue weighted by Crippen LogP contribution is 2.57. The van der Waals surface area contributed by atoms with Crippen molar-refractivity contribution >= 4 is 59.1 Å². The van der Waals surface area contributed by atoms with Crippen LogP contribution in [-0.2, 0) is 0 Å². The molecule has 10 aromatic carbocycles. The van der Waals surface area contributed by atoms with Gasteiger partial charge in [-0.05, 0) is 176 Å². The fourth-order valence-corrected chi connectivity index (χ4v) is 15.3. The van der Waals surface area contributed by atoms with E-state index in [9.17, 15) is 0 Å². The van der Waals surface area contributed by atoms with E-state index in [-0.39, 0.29) is 0 Å². The summed E-state index contributed by atoms with van der Waals surface area (Å²) in [6.45, 7) is 26.4. The van der Waals surface area contributed by atoms with Crippen molar-refractivity contribution in [2.24, 2.45) is 0 Å². The molecule has 0 bridgehead atoms. The standard InChI is InChI=1S/C68H64O2P2/c1-41-21-42(2)28-55(27-41)63-39-53-17-13-15-19-61(53)65(67(63)69-71(57-31-45(5)23-46(6)32-57)58-33-47(7)24-48(8)34-58)66-62-20-16-14-18-54(62)40-64(56-29-43(3)22-44(4)30-56)68(66)70-72(59-35-49(9)25-50(10)36-59)60-37-51(11)26-52(12)38-60/h13-40H,1-12H3. The first-order valence-electron chi connectivity index (χ1n) is 25.1. The van der Waals surface area contributed by atoms with Gasteiger partial charge in [0.1, 0.15) is 11.5 Å². The second-order valence-corrected chi connectivity index (χ2v) is 24.2. The van der Waals surface area contributed by atoms with Gasteiger partial charge < -0.3 is 9.05 Å². The van der Waals surface area contributed by atoms with Gasteiger partial charge in [-0.1, -0.05) is 176 Å². The van der Waals surface area contributed by atoms with Gasteiger partial charge in [0, 0.05) is 43.5 Å². The predicted molar refractivity (Wildman–Crippen MR) is 314 cm³/mol. The van der Waals surface area contributed by atoms with Gasteiger partial charge in [0.2, 0.25) is 0 Å². The van der Waals surface area contributed by atoms with Crippen LogP contribution in [0.15, 0.2) is 170 Å². The molecule has 72 heavy (non-hydrogen) atoms. The van der Waals surface area contributed by atoms with Crippen LogP contribution in [0.3, 0.4) is 0 Å². The fourth-order valence-electron chi connectivity index (χ4n) is 11.0. The molecular weight excluding hydrogens is 911 g/mol. The van der Waals surface area contributed by atoms with Crippen LogP contribution in [0.4, 0.5) is 0 Å². The molecule has 358 valence electrons. The number of benzene rings is 10. The zero-order valence-corrected chi connectivity index (χ0v) is 45.7. The highest BCUT2D eigenvalue weighted by molar-refractivity contribution is 7.69. The van der Waals surface area contributed by atoms with Gasteiger partial charge in [0.25, 0.3) is 0 Å². The summed E-state index contributed by atoms with van der Waals surface area (Å²) in [5.41, 5.74) is 20.9. The average Bonchev–Trinajstić information content (AvgIpc) is 3.30. The summed E-state index contributed by atoms with van der Waals surface area (Å²) in [5.74, 6) is 1.69. The predicted octanol–water partition coefficient (Wildman–Crippen LogP) is 17.5. The molecule has 10 rings (SSSR count). The van der Waals surface area contributed by atoms with Gasteiger partial charge in [-0.25, -0.2) is 0 Å². The molecule has 0 atom stereocenters. The summed E-state index contributed by atoms with van der Waals surface area (Å²) in [6.07, 6.45) is 0. The molecule has 0 N–H and O–H groups in total. The number of aryl methyl sites for hydroxylation is 12. The van der Waals surface area contributed by atoms with E-state index in [1.807, 2.05) is 0 Å². The molecule has 2 nitrogen and oxygen atoms in total. The van der Waals surface area contributed by atoms with E-state index in [4.69, 9.17) is 9.05 Å². The highest BCUT2D eigenvalue weighted by Gasteiger charge is 2.31. The smallest absolute Gasteiger partial charge is 0.150 e. The summed E-state index contributed by atoms with van der Waals surface area (Å²) in [5, 5.41) is 9.18. The van der Waals surface area contributed by atoms with Crippen molar-refractivity contribution in [3.05, 3.63) is 237 Å². The van der Waals surface area contributed by atoms with E-state index in [1.54, 1.807) is 0 Å². The zero-order valence-electron chi connectivity index (χ0n) is 43.9. The van der Waals surface area contributed by atoms with Crippen LogP contribution in [0.25, 0.3) is 54.9 Å². The van der Waals surface area contributed by atoms with Crippen molar-refractivity contribution < 1.29 is 9.05 Å². The lowest BCUT2D eigenvalue weighted by atomic mass is 9.86. The van der Waals surface area contributed by atoms with E-state index in [0.29, 0.717) is 0 Å². The van der Waals surface area contributed by atoms with Crippen molar-refractivity contribution in [3.8, 4) is 44.9 Å². The summed E-state index contributed by atoms with van der Waals surface area (Å²) in [4.78, 5) is 0. The third-order valence-corrected chi connectivity index (χ3v) is 17.1. The van der Waals surface area contributed by atoms with E-state index in [2.05, 4.69) is 253 Å². The Balaban J connectivity index is 1.41. The molecule has 4 heteroatoms. The van der Waals surface area contributed by atoms with Crippen molar-refractivity contribution in [3.63, 3.8) is 0 Å². The monoisotopic (exact) mass is 974 g/mol. The van der Waals surface area contributed by atoms with Gasteiger partial charge in [-0.2, -0.15) is 0 Å². The molecule has 0 saturated heterocycles. The molecular formula is C68H64O2P2. The molecule has 0 aliphatic carbocycles. The highest BCUT2D eigenvalue weighted by atomic mass is 31.1. The molecule has 0 fully saturated rings. The SMILES string of the molecule is Cc1cc(C)cc(-c2cc3ccccc3c(-c3c(OP(c4cc(C)cc(C)c4)c4cc(C)cc(C)c4)c(-c4cc(C)cc(C)c4)cc4ccccc34)c2OP(c2cc(C)cc(C)c2)c2cc(C)cc(C)c2)c1. The largest absolute Gasteiger partial charge is 0.463 e. The maximum Gasteiger partial charge on any atom is 0.150 e. The van der Waals surface area contributed by atoms with E-state index >= 15 is 0 Å². The molecule has 0 heterocycles. The summed E-state index contributed by atoms with van der Waals surface area (Å²) in [7, 11) is -2.86. The Labute approximate surface area is 430 Å². The van der Waals surface area contributed by atoms with Gasteiger partial charge in [0.05, 0.1) is 0 Å². The van der Waals surface area contributed by atoms with E-state index < -0.39 is 16.3 Å². The molecule has 0 unspecified atom stereocenters. The normalized spacial score (nSPS) is 11.6. The third-order valence-electron chi connectivity index (χ3n) is 13.4. The fraction of sp³-hybridized carbons (Fsp3) is 0.176. The molecule has 0 aliphatic heterocycles. The summed E-state index contributed by atoms with van der Waals surface area (Å²) in [6, 6.07) is 64.1. The number of fused-ring (bicyclic) bond motifs is 2. The van der Waals surface area contributed by atoms with Gasteiger partial charge in [0.15, 0.2) is 16.3 Å². The Morgan fingerprint density at radius 2 is 0.500 bits per heavy atom. The Bertz CT molecular complexity index is 3280. The Morgan fingerprint density at radius 1 is 0.264 bits per heavy atom. The van der Waals surface area contributed by atoms with Crippen molar-refractivity contribution in [1.82, 2.24) is 0 Å². The second kappa shape index (κ2) is 20.0. The Morgan fingerprint density at radius 3 is 0.764 bits per heavy atom. The number of hydrogen-bond donors (Lipinski definition) is 0. The Hall–Kier alpha value is -6.82. The minimum atomic E-state index is -1.43. The first kappa shape index (κ1) is 48.8. The number of hydrogen-bond acceptors (Lipinski definition) is 2. The number of rotatable bonds is 11. The average molecular weight is 975 g/mol. The first-order chi connectivity index (χ1) is 34.5. The molecule has 0 spiro atoms. The lowest BCUT2D eigenvalue weighted by Crippen LogP contribution is -2.19. The summed E-state index contributed by atoms with van der Waals surface area (Å²) >= 11 is 0. The molecule has 0 saturated carbocycles. The van der Waals surface area contributed by atoms with Crippen LogP contribution in [0.1, 0.15) is 66.8 Å². The topological polar surface area (TPSA) is 18.5 Å². The van der Waals surface area contributed by atoms with Gasteiger partial charge in [-0.3, -0.25) is 0 Å². The van der Waals surface area contributed by atoms with Crippen LogP contribution in [0.2, 0.25) is 0 Å². The summed E-state index contributed by atoms with van der Waals surface area (Å²) < 4.78 is 16.4. The van der Waals surface area contributed by atoms with Crippen LogP contribution < -0.4 is 30.3 Å².